The summed E-state index contributed by atoms with van der Waals surface area (Å²) < 4.78 is 84.4. The molecule has 5 rings (SSSR count). The molecule has 3 N–H and O–H groups in total. The maximum atomic E-state index is 14.2. The number of nitrogens with zero attached hydrogens (tertiary/aromatic N) is 3. The van der Waals surface area contributed by atoms with Crippen molar-refractivity contribution in [2.24, 2.45) is 5.73 Å². The molecule has 0 unspecified atom stereocenters. The van der Waals surface area contributed by atoms with Crippen LogP contribution in [-0.4, -0.2) is 26.6 Å². The fourth-order valence-electron chi connectivity index (χ4n) is 5.06. The number of aromatic nitrogens is 3. The molecule has 43 heavy (non-hydrogen) atoms. The van der Waals surface area contributed by atoms with Crippen molar-refractivity contribution in [3.05, 3.63) is 106 Å². The molecular formula is C29H23F6N5O2S. The fourth-order valence-corrected chi connectivity index (χ4v) is 6.19. The van der Waals surface area contributed by atoms with Gasteiger partial charge in [0, 0.05) is 40.8 Å². The van der Waals surface area contributed by atoms with Gasteiger partial charge in [0.25, 0.3) is 5.91 Å². The lowest BCUT2D eigenvalue weighted by Crippen LogP contribution is -2.35. The van der Waals surface area contributed by atoms with Gasteiger partial charge in [-0.1, -0.05) is 19.1 Å². The van der Waals surface area contributed by atoms with Crippen molar-refractivity contribution in [1.82, 2.24) is 20.1 Å². The molecule has 0 saturated heterocycles. The van der Waals surface area contributed by atoms with E-state index >= 15 is 0 Å². The number of benzene rings is 2. The second-order valence-corrected chi connectivity index (χ2v) is 10.9. The van der Waals surface area contributed by atoms with Crippen molar-refractivity contribution in [2.75, 3.05) is 0 Å². The first-order chi connectivity index (χ1) is 20.3. The van der Waals surface area contributed by atoms with E-state index in [9.17, 15) is 35.9 Å². The van der Waals surface area contributed by atoms with Gasteiger partial charge in [-0.05, 0) is 41.5 Å². The van der Waals surface area contributed by atoms with Gasteiger partial charge in [-0.2, -0.15) is 30.0 Å². The van der Waals surface area contributed by atoms with E-state index in [-0.39, 0.29) is 39.6 Å². The first-order valence-electron chi connectivity index (χ1n) is 12.9. The average molecular weight is 620 g/mol. The van der Waals surface area contributed by atoms with Gasteiger partial charge in [0.05, 0.1) is 23.0 Å². The normalized spacial score (nSPS) is 14.3. The van der Waals surface area contributed by atoms with E-state index in [4.69, 9.17) is 5.73 Å². The zero-order valence-electron chi connectivity index (χ0n) is 22.4. The molecule has 224 valence electrons. The van der Waals surface area contributed by atoms with Gasteiger partial charge in [0.1, 0.15) is 24.0 Å². The Bertz CT molecular complexity index is 1700. The largest absolute Gasteiger partial charge is 0.435 e. The number of rotatable bonds is 8. The lowest BCUT2D eigenvalue weighted by Gasteiger charge is -2.27. The van der Waals surface area contributed by atoms with E-state index in [0.717, 1.165) is 22.9 Å². The number of primary amides is 1. The molecule has 0 bridgehead atoms. The molecule has 1 aliphatic heterocycles. The average Bonchev–Trinajstić information content (AvgIpc) is 3.55. The van der Waals surface area contributed by atoms with Crippen LogP contribution in [0, 0.1) is 17.5 Å². The highest BCUT2D eigenvalue weighted by atomic mass is 32.2. The van der Waals surface area contributed by atoms with Crippen molar-refractivity contribution in [2.45, 2.75) is 43.1 Å². The predicted octanol–water partition coefficient (Wildman–Crippen LogP) is 5.89. The zero-order valence-corrected chi connectivity index (χ0v) is 23.2. The number of carbonyl (C=O) groups is 2. The molecule has 2 aromatic carbocycles. The minimum absolute atomic E-state index is 0.0269. The summed E-state index contributed by atoms with van der Waals surface area (Å²) in [6.07, 6.45) is -3.29. The summed E-state index contributed by atoms with van der Waals surface area (Å²) in [6, 6.07) is 8.55. The number of thioether (sulfide) groups is 1. The van der Waals surface area contributed by atoms with Crippen LogP contribution in [0.3, 0.4) is 0 Å². The van der Waals surface area contributed by atoms with Crippen LogP contribution in [0.25, 0.3) is 11.1 Å². The van der Waals surface area contributed by atoms with Crippen LogP contribution in [0.15, 0.2) is 54.7 Å². The minimum Gasteiger partial charge on any atom is -0.366 e. The number of hydrogen-bond donors (Lipinski definition) is 2. The number of alkyl halides is 3. The summed E-state index contributed by atoms with van der Waals surface area (Å²) in [4.78, 5) is 29.6. The molecule has 7 nitrogen and oxygen atoms in total. The van der Waals surface area contributed by atoms with Gasteiger partial charge in [-0.15, -0.1) is 0 Å². The molecule has 3 heterocycles. The van der Waals surface area contributed by atoms with E-state index in [1.807, 2.05) is 0 Å². The van der Waals surface area contributed by atoms with Gasteiger partial charge in [-0.25, -0.2) is 13.2 Å². The van der Waals surface area contributed by atoms with Crippen LogP contribution < -0.4 is 11.1 Å². The maximum absolute atomic E-state index is 14.2. The lowest BCUT2D eigenvalue weighted by molar-refractivity contribution is -0.142. The monoisotopic (exact) mass is 619 g/mol. The fraction of sp³-hybridized carbons (Fsp3) is 0.241. The Morgan fingerprint density at radius 3 is 2.47 bits per heavy atom. The number of halogens is 6. The highest BCUT2D eigenvalue weighted by molar-refractivity contribution is 7.98. The number of pyridine rings is 1. The Labute approximate surface area is 245 Å². The minimum atomic E-state index is -4.70. The highest BCUT2D eigenvalue weighted by Gasteiger charge is 2.40. The first-order valence-corrected chi connectivity index (χ1v) is 14.0. The second-order valence-electron chi connectivity index (χ2n) is 9.95. The predicted molar refractivity (Wildman–Crippen MR) is 146 cm³/mol. The molecule has 0 saturated carbocycles. The molecule has 1 aliphatic rings. The van der Waals surface area contributed by atoms with Crippen LogP contribution in [0.2, 0.25) is 0 Å². The zero-order chi connectivity index (χ0) is 31.1. The third-order valence-electron chi connectivity index (χ3n) is 7.12. The van der Waals surface area contributed by atoms with E-state index in [1.165, 1.54) is 30.1 Å². The molecule has 0 spiro atoms. The lowest BCUT2D eigenvalue weighted by atomic mass is 9.87. The van der Waals surface area contributed by atoms with Crippen molar-refractivity contribution in [1.29, 1.82) is 0 Å². The van der Waals surface area contributed by atoms with Gasteiger partial charge < -0.3 is 11.1 Å². The van der Waals surface area contributed by atoms with Crippen LogP contribution in [0.5, 0.6) is 0 Å². The molecule has 2 aromatic heterocycles. The summed E-state index contributed by atoms with van der Waals surface area (Å²) in [6.45, 7) is 1.02. The molecule has 0 aliphatic carbocycles. The Morgan fingerprint density at radius 2 is 1.79 bits per heavy atom. The first kappa shape index (κ1) is 30.1. The summed E-state index contributed by atoms with van der Waals surface area (Å²) in [7, 11) is 0. The molecule has 2 amide bonds. The molecule has 2 atom stereocenters. The van der Waals surface area contributed by atoms with Crippen LogP contribution in [0.1, 0.15) is 57.5 Å². The number of fused-ring (bicyclic) bond motifs is 1. The molecule has 4 aromatic rings. The molecule has 14 heteroatoms. The van der Waals surface area contributed by atoms with E-state index in [1.54, 1.807) is 19.1 Å². The SMILES string of the molecule is C[C@H](c1cc(F)cc(F)c1)[C@H](NC(=O)Cn1nc(C(F)(F)F)c2c1CSC2)c1ncccc1-c1ccc(F)c(C(N)=O)c1. The Hall–Kier alpha value is -4.33. The number of amides is 2. The summed E-state index contributed by atoms with van der Waals surface area (Å²) >= 11 is 1.27. The summed E-state index contributed by atoms with van der Waals surface area (Å²) in [5.74, 6) is -4.80. The quantitative estimate of drug-likeness (QED) is 0.240. The van der Waals surface area contributed by atoms with Crippen LogP contribution in [0.4, 0.5) is 26.3 Å². The second kappa shape index (κ2) is 11.7. The van der Waals surface area contributed by atoms with Crippen molar-refractivity contribution in [3.63, 3.8) is 0 Å². The number of nitrogens with one attached hydrogen (secondary N) is 1. The summed E-state index contributed by atoms with van der Waals surface area (Å²) in [5.41, 5.74) is 5.19. The van der Waals surface area contributed by atoms with E-state index in [2.05, 4.69) is 15.4 Å². The third kappa shape index (κ3) is 6.24. The number of hydrogen-bond acceptors (Lipinski definition) is 5. The van der Waals surface area contributed by atoms with Crippen LogP contribution in [-0.2, 0) is 29.0 Å². The van der Waals surface area contributed by atoms with E-state index < -0.39 is 59.6 Å². The van der Waals surface area contributed by atoms with Gasteiger partial charge in [0.2, 0.25) is 5.91 Å². The Kier molecular flexibility index (Phi) is 8.23. The highest BCUT2D eigenvalue weighted by Crippen LogP contribution is 2.40. The van der Waals surface area contributed by atoms with Crippen LogP contribution >= 0.6 is 11.8 Å². The number of nitrogens with two attached hydrogens (primary N) is 1. The molecule has 0 fully saturated rings. The van der Waals surface area contributed by atoms with Gasteiger partial charge in [-0.3, -0.25) is 19.3 Å². The van der Waals surface area contributed by atoms with E-state index in [0.29, 0.717) is 17.2 Å². The molecular weight excluding hydrogens is 596 g/mol. The third-order valence-corrected chi connectivity index (χ3v) is 8.09. The standard InChI is InChI=1S/C29H23F6N5O2S/c1-14(16-7-17(30)10-18(31)8-16)25(26-19(3-2-6-37-26)15-4-5-22(32)20(9-15)28(36)42)38-24(41)11-40-23-13-43-12-21(23)27(39-40)29(33,34)35/h2-10,14,25H,11-13H2,1H3,(H2,36,42)(H,38,41)/t14-,25+/m1/s1. The number of carbonyl (C=O) groups excluding carboxylic acids is 2. The van der Waals surface area contributed by atoms with Crippen molar-refractivity contribution in [3.8, 4) is 11.1 Å². The van der Waals surface area contributed by atoms with Crippen molar-refractivity contribution < 1.29 is 35.9 Å². The smallest absolute Gasteiger partial charge is 0.366 e. The topological polar surface area (TPSA) is 103 Å². The maximum Gasteiger partial charge on any atom is 0.435 e. The summed E-state index contributed by atoms with van der Waals surface area (Å²) in [5, 5.41) is 6.43. The Balaban J connectivity index is 1.56. The van der Waals surface area contributed by atoms with Gasteiger partial charge in [0.15, 0.2) is 5.69 Å². The van der Waals surface area contributed by atoms with Crippen molar-refractivity contribution >= 4 is 23.6 Å². The molecule has 0 radical (unpaired) electrons. The van der Waals surface area contributed by atoms with Gasteiger partial charge >= 0.3 is 6.18 Å². The Morgan fingerprint density at radius 1 is 1.07 bits per heavy atom.